The number of nitrogens with zero attached hydrogens (tertiary/aromatic N) is 1. The topological polar surface area (TPSA) is 97.3 Å². The van der Waals surface area contributed by atoms with E-state index in [0.717, 1.165) is 0 Å². The summed E-state index contributed by atoms with van der Waals surface area (Å²) in [6.45, 7) is 2.60. The summed E-state index contributed by atoms with van der Waals surface area (Å²) >= 11 is 0. The number of benzene rings is 2. The maximum atomic E-state index is 12.7. The molecular weight excluding hydrogens is 400 g/mol. The molecule has 1 aliphatic rings. The third-order valence-electron chi connectivity index (χ3n) is 5.22. The van der Waals surface area contributed by atoms with E-state index in [4.69, 9.17) is 14.2 Å². The first-order valence-corrected chi connectivity index (χ1v) is 10.2. The molecule has 8 heteroatoms. The minimum Gasteiger partial charge on any atom is -0.497 e. The normalized spacial score (nSPS) is 16.7. The molecule has 0 radical (unpaired) electrons. The first-order valence-electron chi connectivity index (χ1n) is 10.2. The van der Waals surface area contributed by atoms with Crippen LogP contribution < -0.4 is 24.4 Å². The Morgan fingerprint density at radius 3 is 2.68 bits per heavy atom. The van der Waals surface area contributed by atoms with E-state index >= 15 is 0 Å². The second kappa shape index (κ2) is 10.2. The predicted octanol–water partition coefficient (Wildman–Crippen LogP) is 2.31. The van der Waals surface area contributed by atoms with Gasteiger partial charge in [-0.05, 0) is 37.3 Å². The second-order valence-electron chi connectivity index (χ2n) is 7.17. The highest BCUT2D eigenvalue weighted by Gasteiger charge is 2.36. The number of carbonyl (C=O) groups is 2. The molecule has 0 saturated carbocycles. The van der Waals surface area contributed by atoms with E-state index in [1.807, 2.05) is 25.1 Å². The van der Waals surface area contributed by atoms with E-state index in [0.29, 0.717) is 35.1 Å². The van der Waals surface area contributed by atoms with Gasteiger partial charge in [0.15, 0.2) is 0 Å². The summed E-state index contributed by atoms with van der Waals surface area (Å²) in [5.74, 6) is 0.748. The van der Waals surface area contributed by atoms with Crippen molar-refractivity contribution in [3.05, 3.63) is 48.0 Å². The largest absolute Gasteiger partial charge is 0.497 e. The second-order valence-corrected chi connectivity index (χ2v) is 7.17. The summed E-state index contributed by atoms with van der Waals surface area (Å²) in [7, 11) is 3.04. The molecule has 2 unspecified atom stereocenters. The van der Waals surface area contributed by atoms with Gasteiger partial charge in [-0.25, -0.2) is 0 Å². The molecule has 2 aromatic carbocycles. The summed E-state index contributed by atoms with van der Waals surface area (Å²) < 4.78 is 16.1. The monoisotopic (exact) mass is 428 g/mol. The van der Waals surface area contributed by atoms with Gasteiger partial charge in [0.05, 0.1) is 38.5 Å². The Morgan fingerprint density at radius 2 is 1.97 bits per heavy atom. The van der Waals surface area contributed by atoms with Crippen LogP contribution in [0.3, 0.4) is 0 Å². The number of aliphatic hydroxyl groups is 1. The molecule has 1 heterocycles. The number of nitrogens with one attached hydrogen (secondary N) is 1. The lowest BCUT2D eigenvalue weighted by Gasteiger charge is -2.20. The van der Waals surface area contributed by atoms with Crippen molar-refractivity contribution in [3.63, 3.8) is 0 Å². The van der Waals surface area contributed by atoms with Crippen LogP contribution in [0.4, 0.5) is 5.69 Å². The number of aliphatic hydroxyl groups excluding tert-OH is 1. The highest BCUT2D eigenvalue weighted by Crippen LogP contribution is 2.33. The van der Waals surface area contributed by atoms with Crippen LogP contribution in [-0.4, -0.2) is 50.8 Å². The van der Waals surface area contributed by atoms with Gasteiger partial charge in [0.25, 0.3) is 0 Å². The van der Waals surface area contributed by atoms with Gasteiger partial charge in [-0.2, -0.15) is 0 Å². The summed E-state index contributed by atoms with van der Waals surface area (Å²) in [5.41, 5.74) is 1.17. The van der Waals surface area contributed by atoms with Gasteiger partial charge in [0.2, 0.25) is 11.8 Å². The first-order chi connectivity index (χ1) is 15.0. The number of carbonyl (C=O) groups excluding carboxylic acids is 2. The van der Waals surface area contributed by atoms with Crippen LogP contribution in [-0.2, 0) is 9.59 Å². The average molecular weight is 428 g/mol. The molecule has 8 nitrogen and oxygen atoms in total. The third-order valence-corrected chi connectivity index (χ3v) is 5.22. The number of rotatable bonds is 9. The van der Waals surface area contributed by atoms with Gasteiger partial charge < -0.3 is 29.5 Å². The molecule has 2 N–H and O–H groups in total. The zero-order valence-corrected chi connectivity index (χ0v) is 18.0. The number of ether oxygens (including phenoxy) is 3. The fourth-order valence-electron chi connectivity index (χ4n) is 3.63. The fourth-order valence-corrected chi connectivity index (χ4v) is 3.63. The lowest BCUT2D eigenvalue weighted by molar-refractivity contribution is -0.126. The first kappa shape index (κ1) is 22.4. The van der Waals surface area contributed by atoms with Crippen molar-refractivity contribution in [1.29, 1.82) is 0 Å². The molecule has 166 valence electrons. The highest BCUT2D eigenvalue weighted by molar-refractivity contribution is 6.01. The zero-order chi connectivity index (χ0) is 22.4. The Morgan fingerprint density at radius 1 is 1.19 bits per heavy atom. The van der Waals surface area contributed by atoms with Crippen molar-refractivity contribution in [2.45, 2.75) is 19.4 Å². The van der Waals surface area contributed by atoms with E-state index in [1.54, 1.807) is 29.2 Å². The quantitative estimate of drug-likeness (QED) is 0.636. The van der Waals surface area contributed by atoms with Crippen LogP contribution in [0.25, 0.3) is 0 Å². The van der Waals surface area contributed by atoms with E-state index in [9.17, 15) is 14.7 Å². The Bertz CT molecular complexity index is 932. The third kappa shape index (κ3) is 5.08. The molecule has 1 aliphatic heterocycles. The van der Waals surface area contributed by atoms with Crippen LogP contribution >= 0.6 is 0 Å². The van der Waals surface area contributed by atoms with Crippen molar-refractivity contribution in [1.82, 2.24) is 5.32 Å². The van der Waals surface area contributed by atoms with E-state index < -0.39 is 12.0 Å². The minimum atomic E-state index is -0.985. The van der Waals surface area contributed by atoms with Gasteiger partial charge >= 0.3 is 0 Å². The Hall–Kier alpha value is -3.26. The zero-order valence-electron chi connectivity index (χ0n) is 18.0. The van der Waals surface area contributed by atoms with Gasteiger partial charge in [0.1, 0.15) is 17.2 Å². The van der Waals surface area contributed by atoms with Crippen molar-refractivity contribution >= 4 is 17.5 Å². The molecule has 1 fully saturated rings. The summed E-state index contributed by atoms with van der Waals surface area (Å²) in [6.07, 6.45) is -0.883. The number of anilines is 1. The van der Waals surface area contributed by atoms with Gasteiger partial charge in [-0.1, -0.05) is 12.1 Å². The van der Waals surface area contributed by atoms with Crippen LogP contribution in [0.15, 0.2) is 42.5 Å². The molecule has 2 atom stereocenters. The van der Waals surface area contributed by atoms with Gasteiger partial charge in [-0.15, -0.1) is 0 Å². The van der Waals surface area contributed by atoms with Gasteiger partial charge in [0, 0.05) is 25.1 Å². The Labute approximate surface area is 181 Å². The fraction of sp³-hybridized carbons (Fsp3) is 0.391. The van der Waals surface area contributed by atoms with Crippen molar-refractivity contribution in [3.8, 4) is 17.2 Å². The van der Waals surface area contributed by atoms with Gasteiger partial charge in [-0.3, -0.25) is 9.59 Å². The van der Waals surface area contributed by atoms with Crippen LogP contribution in [0, 0.1) is 5.92 Å². The molecule has 1 saturated heterocycles. The van der Waals surface area contributed by atoms with Crippen molar-refractivity contribution < 1.29 is 28.9 Å². The molecule has 0 aromatic heterocycles. The Kier molecular flexibility index (Phi) is 7.36. The predicted molar refractivity (Wildman–Crippen MR) is 116 cm³/mol. The lowest BCUT2D eigenvalue weighted by Crippen LogP contribution is -2.35. The standard InChI is InChI=1S/C23H28N2O6/c1-4-31-21-8-6-5-7-18(21)25-14-15(11-22(25)27)23(28)24-13-19(26)17-12-16(29-2)9-10-20(17)30-3/h5-10,12,15,19,26H,4,11,13-14H2,1-3H3,(H,24,28). The number of methoxy groups -OCH3 is 2. The molecule has 0 spiro atoms. The summed E-state index contributed by atoms with van der Waals surface area (Å²) in [4.78, 5) is 26.9. The van der Waals surface area contributed by atoms with Crippen LogP contribution in [0.5, 0.6) is 17.2 Å². The smallest absolute Gasteiger partial charge is 0.227 e. The molecule has 2 aromatic rings. The number of amides is 2. The Balaban J connectivity index is 1.64. The molecule has 31 heavy (non-hydrogen) atoms. The lowest BCUT2D eigenvalue weighted by atomic mass is 10.1. The highest BCUT2D eigenvalue weighted by atomic mass is 16.5. The number of hydrogen-bond acceptors (Lipinski definition) is 6. The SMILES string of the molecule is CCOc1ccccc1N1CC(C(=O)NCC(O)c2cc(OC)ccc2OC)CC1=O. The van der Waals surface area contributed by atoms with Crippen molar-refractivity contribution in [2.75, 3.05) is 38.8 Å². The molecule has 0 bridgehead atoms. The van der Waals surface area contributed by atoms with Crippen LogP contribution in [0.1, 0.15) is 25.0 Å². The van der Waals surface area contributed by atoms with E-state index in [2.05, 4.69) is 5.32 Å². The number of hydrogen-bond donors (Lipinski definition) is 2. The molecular formula is C23H28N2O6. The maximum absolute atomic E-state index is 12.7. The van der Waals surface area contributed by atoms with Crippen molar-refractivity contribution in [2.24, 2.45) is 5.92 Å². The minimum absolute atomic E-state index is 0.0113. The maximum Gasteiger partial charge on any atom is 0.227 e. The molecule has 2 amide bonds. The molecule has 3 rings (SSSR count). The van der Waals surface area contributed by atoms with E-state index in [1.165, 1.54) is 14.2 Å². The average Bonchev–Trinajstić information content (AvgIpc) is 3.18. The summed E-state index contributed by atoms with van der Waals surface area (Å²) in [5, 5.41) is 13.3. The summed E-state index contributed by atoms with van der Waals surface area (Å²) in [6, 6.07) is 12.4. The molecule has 0 aliphatic carbocycles. The van der Waals surface area contributed by atoms with E-state index in [-0.39, 0.29) is 31.3 Å². The van der Waals surface area contributed by atoms with Crippen LogP contribution in [0.2, 0.25) is 0 Å². The number of para-hydroxylation sites is 2.